The van der Waals surface area contributed by atoms with Gasteiger partial charge >= 0.3 is 12.1 Å². The molecule has 4 rings (SSSR count). The predicted molar refractivity (Wildman–Crippen MR) is 127 cm³/mol. The van der Waals surface area contributed by atoms with Gasteiger partial charge in [-0.25, -0.2) is 14.6 Å². The van der Waals surface area contributed by atoms with E-state index in [0.29, 0.717) is 11.7 Å². The fraction of sp³-hybridized carbons (Fsp3) is 0.385. The molecule has 1 fully saturated rings. The Kier molecular flexibility index (Phi) is 6.41. The SMILES string of the molecule is COC(=O)[C@@H]1C[C@@H](Oc2nc(-c3ccccc3)nc3ccc(C)cc23)CN1C(=O)OC(C)(C)C. The summed E-state index contributed by atoms with van der Waals surface area (Å²) in [5, 5.41) is 0.769. The van der Waals surface area contributed by atoms with Crippen molar-refractivity contribution in [3.05, 3.63) is 54.1 Å². The fourth-order valence-corrected chi connectivity index (χ4v) is 3.94. The van der Waals surface area contributed by atoms with E-state index in [1.165, 1.54) is 12.0 Å². The number of carbonyl (C=O) groups excluding carboxylic acids is 2. The van der Waals surface area contributed by atoms with Crippen molar-refractivity contribution in [1.29, 1.82) is 0 Å². The monoisotopic (exact) mass is 463 g/mol. The smallest absolute Gasteiger partial charge is 0.411 e. The third-order valence-electron chi connectivity index (χ3n) is 5.49. The molecule has 0 unspecified atom stereocenters. The number of methoxy groups -OCH3 is 1. The molecule has 2 aromatic carbocycles. The van der Waals surface area contributed by atoms with Crippen LogP contribution in [-0.2, 0) is 14.3 Å². The summed E-state index contributed by atoms with van der Waals surface area (Å²) < 4.78 is 16.8. The summed E-state index contributed by atoms with van der Waals surface area (Å²) in [6.45, 7) is 7.50. The van der Waals surface area contributed by atoms with Gasteiger partial charge in [0, 0.05) is 12.0 Å². The van der Waals surface area contributed by atoms with Crippen LogP contribution in [0.2, 0.25) is 0 Å². The van der Waals surface area contributed by atoms with Crippen LogP contribution in [0.3, 0.4) is 0 Å². The van der Waals surface area contributed by atoms with E-state index in [0.717, 1.165) is 22.0 Å². The van der Waals surface area contributed by atoms with Crippen molar-refractivity contribution in [2.24, 2.45) is 0 Å². The maximum atomic E-state index is 12.8. The van der Waals surface area contributed by atoms with Gasteiger partial charge in [0.2, 0.25) is 5.88 Å². The summed E-state index contributed by atoms with van der Waals surface area (Å²) in [6, 6.07) is 14.8. The van der Waals surface area contributed by atoms with E-state index >= 15 is 0 Å². The maximum absolute atomic E-state index is 12.8. The molecule has 1 amide bonds. The zero-order valence-electron chi connectivity index (χ0n) is 20.1. The van der Waals surface area contributed by atoms with Gasteiger partial charge in [0.05, 0.1) is 24.6 Å². The summed E-state index contributed by atoms with van der Waals surface area (Å²) in [6.07, 6.45) is -0.787. The van der Waals surface area contributed by atoms with E-state index in [2.05, 4.69) is 0 Å². The average Bonchev–Trinajstić information content (AvgIpc) is 3.22. The second-order valence-electron chi connectivity index (χ2n) is 9.39. The quantitative estimate of drug-likeness (QED) is 0.525. The molecule has 0 bridgehead atoms. The lowest BCUT2D eigenvalue weighted by Gasteiger charge is -2.27. The van der Waals surface area contributed by atoms with Gasteiger partial charge in [-0.15, -0.1) is 0 Å². The minimum absolute atomic E-state index is 0.173. The van der Waals surface area contributed by atoms with Crippen molar-refractivity contribution in [3.8, 4) is 17.3 Å². The molecule has 0 spiro atoms. The van der Waals surface area contributed by atoms with E-state index in [-0.39, 0.29) is 13.0 Å². The molecule has 1 aliphatic rings. The van der Waals surface area contributed by atoms with E-state index in [1.807, 2.05) is 55.5 Å². The van der Waals surface area contributed by atoms with Crippen LogP contribution in [0.15, 0.2) is 48.5 Å². The van der Waals surface area contributed by atoms with Gasteiger partial charge in [-0.1, -0.05) is 42.0 Å². The molecule has 2 atom stereocenters. The number of amides is 1. The first-order valence-corrected chi connectivity index (χ1v) is 11.2. The van der Waals surface area contributed by atoms with Gasteiger partial charge in [0.25, 0.3) is 0 Å². The highest BCUT2D eigenvalue weighted by atomic mass is 16.6. The topological polar surface area (TPSA) is 90.9 Å². The second kappa shape index (κ2) is 9.29. The standard InChI is InChI=1S/C26H29N3O5/c1-16-11-12-20-19(13-16)23(28-22(27-20)17-9-7-6-8-10-17)33-18-14-21(24(30)32-5)29(15-18)25(31)34-26(2,3)4/h6-13,18,21H,14-15H2,1-5H3/t18-,21+/m1/s1. The zero-order valence-corrected chi connectivity index (χ0v) is 20.1. The maximum Gasteiger partial charge on any atom is 0.411 e. The molecule has 1 saturated heterocycles. The first-order chi connectivity index (χ1) is 16.1. The van der Waals surface area contributed by atoms with E-state index in [1.54, 1.807) is 20.8 Å². The van der Waals surface area contributed by atoms with Crippen molar-refractivity contribution in [3.63, 3.8) is 0 Å². The average molecular weight is 464 g/mol. The van der Waals surface area contributed by atoms with E-state index < -0.39 is 29.8 Å². The lowest BCUT2D eigenvalue weighted by Crippen LogP contribution is -2.44. The number of nitrogens with zero attached hydrogens (tertiary/aromatic N) is 3. The highest BCUT2D eigenvalue weighted by molar-refractivity contribution is 5.86. The Morgan fingerprint density at radius 1 is 1.06 bits per heavy atom. The first kappa shape index (κ1) is 23.5. The third kappa shape index (κ3) is 5.11. The van der Waals surface area contributed by atoms with Crippen LogP contribution in [0.5, 0.6) is 5.88 Å². The normalized spacial score (nSPS) is 18.1. The number of aromatic nitrogens is 2. The molecule has 178 valence electrons. The number of fused-ring (bicyclic) bond motifs is 1. The molecule has 1 aromatic heterocycles. The van der Waals surface area contributed by atoms with Gasteiger partial charge in [0.1, 0.15) is 17.7 Å². The number of ether oxygens (including phenoxy) is 3. The Morgan fingerprint density at radius 2 is 1.79 bits per heavy atom. The zero-order chi connectivity index (χ0) is 24.5. The van der Waals surface area contributed by atoms with Crippen molar-refractivity contribution in [2.75, 3.05) is 13.7 Å². The van der Waals surface area contributed by atoms with Crippen LogP contribution in [-0.4, -0.2) is 58.3 Å². The number of carbonyl (C=O) groups is 2. The summed E-state index contributed by atoms with van der Waals surface area (Å²) >= 11 is 0. The molecule has 2 heterocycles. The molecule has 0 radical (unpaired) electrons. The number of benzene rings is 2. The molecule has 0 aliphatic carbocycles. The van der Waals surface area contributed by atoms with Gasteiger partial charge < -0.3 is 14.2 Å². The van der Waals surface area contributed by atoms with Crippen molar-refractivity contribution < 1.29 is 23.8 Å². The Balaban J connectivity index is 1.67. The summed E-state index contributed by atoms with van der Waals surface area (Å²) in [5.74, 6) is 0.441. The van der Waals surface area contributed by atoms with E-state index in [4.69, 9.17) is 24.2 Å². The number of hydrogen-bond acceptors (Lipinski definition) is 7. The van der Waals surface area contributed by atoms with Crippen molar-refractivity contribution in [1.82, 2.24) is 14.9 Å². The minimum Gasteiger partial charge on any atom is -0.472 e. The lowest BCUT2D eigenvalue weighted by atomic mass is 10.1. The predicted octanol–water partition coefficient (Wildman–Crippen LogP) is 4.54. The lowest BCUT2D eigenvalue weighted by molar-refractivity contribution is -0.145. The van der Waals surface area contributed by atoms with Crippen LogP contribution in [0.4, 0.5) is 4.79 Å². The molecule has 8 nitrogen and oxygen atoms in total. The van der Waals surface area contributed by atoms with Crippen molar-refractivity contribution in [2.45, 2.75) is 51.9 Å². The molecule has 8 heteroatoms. The molecule has 0 N–H and O–H groups in total. The second-order valence-corrected chi connectivity index (χ2v) is 9.39. The number of aryl methyl sites for hydroxylation is 1. The van der Waals surface area contributed by atoms with Gasteiger partial charge in [0.15, 0.2) is 5.82 Å². The van der Waals surface area contributed by atoms with Crippen molar-refractivity contribution >= 4 is 23.0 Å². The van der Waals surface area contributed by atoms with E-state index in [9.17, 15) is 9.59 Å². The third-order valence-corrected chi connectivity index (χ3v) is 5.49. The Morgan fingerprint density at radius 3 is 2.47 bits per heavy atom. The number of esters is 1. The summed E-state index contributed by atoms with van der Waals surface area (Å²) in [5.41, 5.74) is 1.97. The molecular formula is C26H29N3O5. The van der Waals surface area contributed by atoms with Crippen LogP contribution in [0.25, 0.3) is 22.3 Å². The number of rotatable bonds is 4. The van der Waals surface area contributed by atoms with Crippen LogP contribution < -0.4 is 4.74 Å². The van der Waals surface area contributed by atoms with Crippen LogP contribution in [0, 0.1) is 6.92 Å². The highest BCUT2D eigenvalue weighted by Gasteiger charge is 2.43. The summed E-state index contributed by atoms with van der Waals surface area (Å²) in [7, 11) is 1.30. The number of hydrogen-bond donors (Lipinski definition) is 0. The van der Waals surface area contributed by atoms with Gasteiger partial charge in [-0.2, -0.15) is 4.98 Å². The fourth-order valence-electron chi connectivity index (χ4n) is 3.94. The highest BCUT2D eigenvalue weighted by Crippen LogP contribution is 2.31. The summed E-state index contributed by atoms with van der Waals surface area (Å²) in [4.78, 5) is 36.0. The van der Waals surface area contributed by atoms with Crippen LogP contribution >= 0.6 is 0 Å². The minimum atomic E-state index is -0.798. The van der Waals surface area contributed by atoms with Gasteiger partial charge in [-0.05, 0) is 39.8 Å². The Labute approximate surface area is 198 Å². The van der Waals surface area contributed by atoms with Crippen LogP contribution in [0.1, 0.15) is 32.8 Å². The molecule has 0 saturated carbocycles. The molecule has 3 aromatic rings. The molecular weight excluding hydrogens is 434 g/mol. The largest absolute Gasteiger partial charge is 0.472 e. The molecule has 34 heavy (non-hydrogen) atoms. The van der Waals surface area contributed by atoms with Gasteiger partial charge in [-0.3, -0.25) is 4.90 Å². The first-order valence-electron chi connectivity index (χ1n) is 11.2. The molecule has 1 aliphatic heterocycles. The number of likely N-dealkylation sites (tertiary alicyclic amines) is 1. The Hall–Kier alpha value is -3.68. The Bertz CT molecular complexity index is 1210.